The first kappa shape index (κ1) is 14.1. The van der Waals surface area contributed by atoms with Gasteiger partial charge in [-0.05, 0) is 29.5 Å². The largest absolute Gasteiger partial charge is 0.494 e. The summed E-state index contributed by atoms with van der Waals surface area (Å²) in [6, 6.07) is 13.7. The van der Waals surface area contributed by atoms with E-state index in [1.54, 1.807) is 6.34 Å². The van der Waals surface area contributed by atoms with Crippen LogP contribution in [0.15, 0.2) is 52.4 Å². The molecule has 1 aliphatic heterocycles. The SMILES string of the molecule is CC.Oc1[nH]c2ccccc2c1C=c1ccc2c(c1)N=CN=2. The van der Waals surface area contributed by atoms with E-state index in [0.717, 1.165) is 32.7 Å². The Morgan fingerprint density at radius 3 is 2.77 bits per heavy atom. The average molecular weight is 291 g/mol. The first-order chi connectivity index (χ1) is 10.8. The molecule has 4 heteroatoms. The molecule has 1 aliphatic rings. The topological polar surface area (TPSA) is 60.7 Å². The minimum absolute atomic E-state index is 0.180. The highest BCUT2D eigenvalue weighted by atomic mass is 16.3. The number of hydrogen-bond donors (Lipinski definition) is 2. The van der Waals surface area contributed by atoms with E-state index in [2.05, 4.69) is 15.0 Å². The third kappa shape index (κ3) is 2.39. The summed E-state index contributed by atoms with van der Waals surface area (Å²) >= 11 is 0. The molecule has 0 fully saturated rings. The van der Waals surface area contributed by atoms with Crippen LogP contribution < -0.4 is 10.6 Å². The summed E-state index contributed by atoms with van der Waals surface area (Å²) in [4.78, 5) is 11.3. The van der Waals surface area contributed by atoms with Crippen LogP contribution in [0.1, 0.15) is 19.4 Å². The Balaban J connectivity index is 0.000000693. The second-order valence-electron chi connectivity index (χ2n) is 4.70. The summed E-state index contributed by atoms with van der Waals surface area (Å²) in [5.74, 6) is 0.180. The summed E-state index contributed by atoms with van der Waals surface area (Å²) in [6.07, 6.45) is 3.50. The van der Waals surface area contributed by atoms with Gasteiger partial charge in [-0.15, -0.1) is 0 Å². The van der Waals surface area contributed by atoms with Crippen LogP contribution in [0.3, 0.4) is 0 Å². The van der Waals surface area contributed by atoms with Crippen molar-refractivity contribution in [3.05, 3.63) is 58.6 Å². The van der Waals surface area contributed by atoms with Gasteiger partial charge in [0.25, 0.3) is 0 Å². The summed E-state index contributed by atoms with van der Waals surface area (Å²) in [7, 11) is 0. The third-order valence-electron chi connectivity index (χ3n) is 3.43. The predicted octanol–water partition coefficient (Wildman–Crippen LogP) is 3.02. The van der Waals surface area contributed by atoms with Crippen molar-refractivity contribution in [2.24, 2.45) is 9.98 Å². The zero-order chi connectivity index (χ0) is 15.5. The Morgan fingerprint density at radius 1 is 1.09 bits per heavy atom. The fourth-order valence-electron chi connectivity index (χ4n) is 2.46. The van der Waals surface area contributed by atoms with Gasteiger partial charge >= 0.3 is 0 Å². The van der Waals surface area contributed by atoms with Gasteiger partial charge in [0.2, 0.25) is 0 Å². The second kappa shape index (κ2) is 5.85. The van der Waals surface area contributed by atoms with E-state index in [1.165, 1.54) is 0 Å². The van der Waals surface area contributed by atoms with E-state index in [4.69, 9.17) is 0 Å². The van der Waals surface area contributed by atoms with Gasteiger partial charge in [-0.2, -0.15) is 0 Å². The van der Waals surface area contributed by atoms with E-state index in [-0.39, 0.29) is 5.88 Å². The molecule has 0 radical (unpaired) electrons. The number of H-pyrrole nitrogens is 1. The number of aromatic nitrogens is 1. The van der Waals surface area contributed by atoms with Crippen molar-refractivity contribution in [2.75, 3.05) is 0 Å². The monoisotopic (exact) mass is 291 g/mol. The zero-order valence-corrected chi connectivity index (χ0v) is 12.5. The average Bonchev–Trinajstić information content (AvgIpc) is 3.14. The van der Waals surface area contributed by atoms with Crippen molar-refractivity contribution < 1.29 is 5.11 Å². The summed E-state index contributed by atoms with van der Waals surface area (Å²) in [5.41, 5.74) is 2.57. The molecule has 1 aromatic heterocycles. The molecule has 22 heavy (non-hydrogen) atoms. The number of benzene rings is 2. The molecule has 0 aliphatic carbocycles. The van der Waals surface area contributed by atoms with Gasteiger partial charge in [-0.1, -0.05) is 38.1 Å². The Bertz CT molecular complexity index is 968. The Hall–Kier alpha value is -2.88. The number of rotatable bonds is 1. The molecule has 0 saturated heterocycles. The van der Waals surface area contributed by atoms with Crippen LogP contribution in [-0.4, -0.2) is 16.4 Å². The number of para-hydroxylation sites is 1. The predicted molar refractivity (Wildman–Crippen MR) is 90.3 cm³/mol. The number of hydrogen-bond acceptors (Lipinski definition) is 3. The van der Waals surface area contributed by atoms with E-state index < -0.39 is 0 Å². The van der Waals surface area contributed by atoms with Crippen LogP contribution >= 0.6 is 0 Å². The van der Waals surface area contributed by atoms with Crippen LogP contribution in [0.25, 0.3) is 17.0 Å². The molecule has 2 N–H and O–H groups in total. The van der Waals surface area contributed by atoms with Crippen LogP contribution in [0.5, 0.6) is 5.88 Å². The van der Waals surface area contributed by atoms with E-state index >= 15 is 0 Å². The number of nitrogens with zero attached hydrogens (tertiary/aromatic N) is 2. The summed E-state index contributed by atoms with van der Waals surface area (Å²) in [5, 5.41) is 12.9. The number of aromatic hydroxyl groups is 1. The van der Waals surface area contributed by atoms with Crippen molar-refractivity contribution in [1.29, 1.82) is 0 Å². The molecule has 0 unspecified atom stereocenters. The molecule has 0 atom stereocenters. The highest BCUT2D eigenvalue weighted by Crippen LogP contribution is 2.27. The number of nitrogens with one attached hydrogen (secondary N) is 1. The fraction of sp³-hybridized carbons (Fsp3) is 0.111. The molecule has 0 amide bonds. The van der Waals surface area contributed by atoms with Crippen LogP contribution in [0.4, 0.5) is 5.69 Å². The number of aliphatic imine (C=N–C) groups is 1. The van der Waals surface area contributed by atoms with Gasteiger partial charge in [-0.25, -0.2) is 9.98 Å². The Kier molecular flexibility index (Phi) is 3.74. The van der Waals surface area contributed by atoms with Crippen molar-refractivity contribution in [3.8, 4) is 5.88 Å². The zero-order valence-electron chi connectivity index (χ0n) is 12.5. The molecule has 0 bridgehead atoms. The molecule has 2 aromatic carbocycles. The molecule has 0 saturated carbocycles. The molecule has 2 heterocycles. The van der Waals surface area contributed by atoms with Gasteiger partial charge in [-0.3, -0.25) is 0 Å². The van der Waals surface area contributed by atoms with Gasteiger partial charge in [0.15, 0.2) is 5.88 Å². The van der Waals surface area contributed by atoms with Crippen LogP contribution in [0.2, 0.25) is 0 Å². The lowest BCUT2D eigenvalue weighted by Crippen LogP contribution is -2.06. The number of fused-ring (bicyclic) bond motifs is 2. The van der Waals surface area contributed by atoms with Gasteiger partial charge < -0.3 is 10.1 Å². The molecular weight excluding hydrogens is 274 g/mol. The molecule has 0 spiro atoms. The van der Waals surface area contributed by atoms with Crippen LogP contribution in [0, 0.1) is 0 Å². The van der Waals surface area contributed by atoms with Crippen molar-refractivity contribution in [2.45, 2.75) is 13.8 Å². The van der Waals surface area contributed by atoms with Crippen molar-refractivity contribution in [1.82, 2.24) is 4.98 Å². The lowest BCUT2D eigenvalue weighted by Gasteiger charge is -1.94. The third-order valence-corrected chi connectivity index (χ3v) is 3.43. The highest BCUT2D eigenvalue weighted by molar-refractivity contribution is 5.91. The lowest BCUT2D eigenvalue weighted by molar-refractivity contribution is 0.457. The van der Waals surface area contributed by atoms with Gasteiger partial charge in [0.1, 0.15) is 6.34 Å². The quantitative estimate of drug-likeness (QED) is 0.711. The maximum absolute atomic E-state index is 10.1. The van der Waals surface area contributed by atoms with Gasteiger partial charge in [0.05, 0.1) is 11.0 Å². The van der Waals surface area contributed by atoms with E-state index in [0.29, 0.717) is 0 Å². The maximum atomic E-state index is 10.1. The molecule has 4 nitrogen and oxygen atoms in total. The maximum Gasteiger partial charge on any atom is 0.196 e. The van der Waals surface area contributed by atoms with Crippen molar-refractivity contribution in [3.63, 3.8) is 0 Å². The molecule has 3 aromatic rings. The molecule has 110 valence electrons. The normalized spacial score (nSPS) is 12.7. The highest BCUT2D eigenvalue weighted by Gasteiger charge is 2.07. The van der Waals surface area contributed by atoms with Crippen LogP contribution in [-0.2, 0) is 0 Å². The lowest BCUT2D eigenvalue weighted by atomic mass is 10.1. The summed E-state index contributed by atoms with van der Waals surface area (Å²) < 4.78 is 0. The Morgan fingerprint density at radius 2 is 1.91 bits per heavy atom. The fourth-order valence-corrected chi connectivity index (χ4v) is 2.46. The van der Waals surface area contributed by atoms with Gasteiger partial charge in [0, 0.05) is 16.5 Å². The Labute approximate surface area is 128 Å². The van der Waals surface area contributed by atoms with Crippen molar-refractivity contribution >= 4 is 29.0 Å². The minimum atomic E-state index is 0.180. The molecular formula is C18H17N3O. The first-order valence-electron chi connectivity index (χ1n) is 7.33. The standard InChI is InChI=1S/C16H11N3O.C2H6/c20-16-12(11-3-1-2-4-13(11)19-16)7-10-5-6-14-15(8-10)18-9-17-14;1-2/h1-9,19-20H;1-2H3. The molecule has 4 rings (SSSR count). The first-order valence-corrected chi connectivity index (χ1v) is 7.33. The van der Waals surface area contributed by atoms with E-state index in [1.807, 2.05) is 62.4 Å². The smallest absolute Gasteiger partial charge is 0.196 e. The summed E-state index contributed by atoms with van der Waals surface area (Å²) in [6.45, 7) is 4.00. The number of aromatic amines is 1. The van der Waals surface area contributed by atoms with E-state index in [9.17, 15) is 5.11 Å². The second-order valence-corrected chi connectivity index (χ2v) is 4.70. The minimum Gasteiger partial charge on any atom is -0.494 e.